The van der Waals surface area contributed by atoms with Crippen molar-refractivity contribution in [3.05, 3.63) is 47.6 Å². The van der Waals surface area contributed by atoms with E-state index in [1.54, 1.807) is 26.8 Å². The predicted molar refractivity (Wildman–Crippen MR) is 177 cm³/mol. The van der Waals surface area contributed by atoms with Crippen molar-refractivity contribution in [2.75, 3.05) is 26.9 Å². The van der Waals surface area contributed by atoms with E-state index in [1.807, 2.05) is 6.92 Å². The maximum atomic E-state index is 17.7. The van der Waals surface area contributed by atoms with Crippen LogP contribution in [0.25, 0.3) is 0 Å². The second-order valence-electron chi connectivity index (χ2n) is 15.2. The minimum absolute atomic E-state index is 0.00319. The van der Waals surface area contributed by atoms with Crippen LogP contribution in [0.5, 0.6) is 11.5 Å². The number of halogens is 1. The molecule has 0 bridgehead atoms. The number of fused-ring (bicyclic) bond motifs is 7. The van der Waals surface area contributed by atoms with Crippen LogP contribution in [0.3, 0.4) is 0 Å². The van der Waals surface area contributed by atoms with Crippen LogP contribution in [-0.2, 0) is 33.4 Å². The van der Waals surface area contributed by atoms with Crippen molar-refractivity contribution in [3.63, 3.8) is 0 Å². The number of hydrogen-bond acceptors (Lipinski definition) is 15. The number of carbonyl (C=O) groups is 4. The Morgan fingerprint density at radius 1 is 1.04 bits per heavy atom. The van der Waals surface area contributed by atoms with E-state index >= 15 is 4.39 Å². The number of aliphatic hydroxyl groups is 1. The van der Waals surface area contributed by atoms with Gasteiger partial charge in [0.2, 0.25) is 5.78 Å². The van der Waals surface area contributed by atoms with Crippen LogP contribution in [0.1, 0.15) is 76.6 Å². The molecule has 4 fully saturated rings. The molecule has 5 aliphatic rings. The zero-order chi connectivity index (χ0) is 38.6. The minimum Gasteiger partial charge on any atom is -0.493 e. The third-order valence-electron chi connectivity index (χ3n) is 11.9. The highest BCUT2D eigenvalue weighted by atomic mass is 19.1. The van der Waals surface area contributed by atoms with E-state index in [2.05, 4.69) is 4.84 Å². The topological polar surface area (TPSA) is 197 Å². The normalized spacial score (nSPS) is 35.1. The first-order valence-electron chi connectivity index (χ1n) is 17.6. The number of rotatable bonds is 12. The van der Waals surface area contributed by atoms with Gasteiger partial charge in [0.25, 0.3) is 0 Å². The highest BCUT2D eigenvalue weighted by Gasteiger charge is 2.80. The van der Waals surface area contributed by atoms with E-state index in [0.717, 1.165) is 0 Å². The molecule has 0 aromatic heterocycles. The lowest BCUT2D eigenvalue weighted by Gasteiger charge is -2.62. The van der Waals surface area contributed by atoms with Crippen LogP contribution in [0.2, 0.25) is 0 Å². The molecule has 3 saturated carbocycles. The summed E-state index contributed by atoms with van der Waals surface area (Å²) in [6, 6.07) is 3.94. The van der Waals surface area contributed by atoms with Gasteiger partial charge in [-0.2, -0.15) is 0 Å². The Hall–Kier alpha value is -3.77. The van der Waals surface area contributed by atoms with Gasteiger partial charge in [-0.1, -0.05) is 18.6 Å². The van der Waals surface area contributed by atoms with Crippen molar-refractivity contribution in [2.45, 2.75) is 95.5 Å². The average Bonchev–Trinajstić information content (AvgIpc) is 3.51. The number of nitrogens with zero attached hydrogens (tertiary/aromatic N) is 1. The van der Waals surface area contributed by atoms with Crippen LogP contribution in [0.15, 0.2) is 42.0 Å². The highest BCUT2D eigenvalue weighted by Crippen LogP contribution is 2.72. The number of carbonyl (C=O) groups excluding carboxylic acids is 4. The molecule has 0 spiro atoms. The fourth-order valence-electron chi connectivity index (χ4n) is 9.64. The molecule has 16 heteroatoms. The summed E-state index contributed by atoms with van der Waals surface area (Å²) in [5, 5.41) is 28.4. The summed E-state index contributed by atoms with van der Waals surface area (Å²) in [7, 11) is 1.30. The minimum atomic E-state index is -2.12. The Morgan fingerprint density at radius 3 is 2.49 bits per heavy atom. The molecule has 1 aromatic carbocycles. The molecule has 15 nitrogen and oxygen atoms in total. The monoisotopic (exact) mass is 747 g/mol. The molecule has 6 rings (SSSR count). The van der Waals surface area contributed by atoms with Crippen molar-refractivity contribution in [3.8, 4) is 11.5 Å². The molecule has 0 radical (unpaired) electrons. The molecule has 0 amide bonds. The number of ether oxygens (including phenoxy) is 6. The highest BCUT2D eigenvalue weighted by molar-refractivity contribution is 6.01. The molecule has 8 atom stereocenters. The lowest BCUT2D eigenvalue weighted by atomic mass is 9.44. The van der Waals surface area contributed by atoms with Gasteiger partial charge in [-0.05, 0) is 95.6 Å². The van der Waals surface area contributed by atoms with E-state index in [4.69, 9.17) is 38.8 Å². The van der Waals surface area contributed by atoms with Crippen LogP contribution >= 0.6 is 0 Å². The number of methoxy groups -OCH3 is 1. The van der Waals surface area contributed by atoms with E-state index in [-0.39, 0.29) is 48.9 Å². The van der Waals surface area contributed by atoms with E-state index < -0.39 is 81.8 Å². The van der Waals surface area contributed by atoms with Gasteiger partial charge in [-0.15, -0.1) is 0 Å². The molecule has 290 valence electrons. The Labute approximate surface area is 305 Å². The lowest BCUT2D eigenvalue weighted by molar-refractivity contribution is -0.492. The molecule has 2 unspecified atom stereocenters. The molecular weight excluding hydrogens is 701 g/mol. The summed E-state index contributed by atoms with van der Waals surface area (Å²) < 4.78 is 51.6. The molecule has 1 aliphatic heterocycles. The number of aliphatic hydroxyl groups excluding tert-OH is 1. The molecule has 1 saturated heterocycles. The zero-order valence-corrected chi connectivity index (χ0v) is 30.3. The standard InChI is InChI=1S/C37H46FNO14/c1-33(2)52-30-18-25-24-10-9-22-17-23(40)12-13-34(22,3)36(24,38)28(41)19-35(25,4)37(30,53-33)29(42)20-49-32(44)51-26-11-8-21(16-27(26)47-5)31(43)48-14-6-7-15-50-39(45)46/h8,11-13,16-17,24-25,28,30,41,45-46H,6-7,9-10,14-15,18-20H2,1-5H3/t24?,25?,28-,30+,34-,35-,36-,37+/m0/s1. The lowest BCUT2D eigenvalue weighted by Crippen LogP contribution is -2.70. The van der Waals surface area contributed by atoms with Gasteiger partial charge >= 0.3 is 12.1 Å². The Morgan fingerprint density at radius 2 is 1.77 bits per heavy atom. The molecule has 4 aliphatic carbocycles. The number of ketones is 2. The number of allylic oxidation sites excluding steroid dienone is 4. The summed E-state index contributed by atoms with van der Waals surface area (Å²) in [4.78, 5) is 56.5. The van der Waals surface area contributed by atoms with Gasteiger partial charge < -0.3 is 33.5 Å². The second kappa shape index (κ2) is 14.1. The third-order valence-corrected chi connectivity index (χ3v) is 11.9. The van der Waals surface area contributed by atoms with Gasteiger partial charge in [0.05, 0.1) is 43.5 Å². The fraction of sp³-hybridized carbons (Fsp3) is 0.622. The zero-order valence-electron chi connectivity index (χ0n) is 30.3. The number of esters is 1. The van der Waals surface area contributed by atoms with Crippen molar-refractivity contribution < 1.29 is 72.3 Å². The number of Topliss-reactive ketones (excluding diaryl/α,β-unsaturated/α-hetero) is 1. The molecular formula is C37H46FNO14. The fourth-order valence-corrected chi connectivity index (χ4v) is 9.64. The van der Waals surface area contributed by atoms with Crippen LogP contribution < -0.4 is 9.47 Å². The number of alkyl halides is 1. The van der Waals surface area contributed by atoms with Gasteiger partial charge in [0, 0.05) is 16.7 Å². The number of benzene rings is 1. The average molecular weight is 748 g/mol. The first kappa shape index (κ1) is 38.9. The summed E-state index contributed by atoms with van der Waals surface area (Å²) in [5.41, 5.74) is -5.41. The third kappa shape index (κ3) is 6.47. The van der Waals surface area contributed by atoms with Crippen LogP contribution in [0.4, 0.5) is 9.18 Å². The summed E-state index contributed by atoms with van der Waals surface area (Å²) in [6.45, 7) is 6.10. The first-order chi connectivity index (χ1) is 24.9. The smallest absolute Gasteiger partial charge is 0.493 e. The van der Waals surface area contributed by atoms with Gasteiger partial charge in [-0.25, -0.2) is 14.0 Å². The van der Waals surface area contributed by atoms with Crippen molar-refractivity contribution >= 4 is 23.7 Å². The second-order valence-corrected chi connectivity index (χ2v) is 15.2. The molecule has 1 aromatic rings. The van der Waals surface area contributed by atoms with E-state index in [0.29, 0.717) is 31.3 Å². The quantitative estimate of drug-likeness (QED) is 0.116. The molecule has 1 heterocycles. The number of hydrogen-bond donors (Lipinski definition) is 3. The predicted octanol–water partition coefficient (Wildman–Crippen LogP) is 4.60. The van der Waals surface area contributed by atoms with Gasteiger partial charge in [0.1, 0.15) is 0 Å². The van der Waals surface area contributed by atoms with E-state index in [9.17, 15) is 24.3 Å². The Bertz CT molecular complexity index is 1710. The number of unbranched alkanes of at least 4 members (excludes halogenated alkanes) is 1. The molecule has 3 N–H and O–H groups in total. The van der Waals surface area contributed by atoms with Crippen molar-refractivity contribution in [2.24, 2.45) is 22.7 Å². The van der Waals surface area contributed by atoms with E-state index in [1.165, 1.54) is 37.5 Å². The first-order valence-corrected chi connectivity index (χ1v) is 17.6. The Balaban J connectivity index is 1.14. The van der Waals surface area contributed by atoms with Crippen LogP contribution in [-0.4, -0.2) is 101 Å². The van der Waals surface area contributed by atoms with Crippen molar-refractivity contribution in [1.82, 2.24) is 5.39 Å². The summed E-state index contributed by atoms with van der Waals surface area (Å²) in [6.07, 6.45) is 2.48. The largest absolute Gasteiger partial charge is 0.514 e. The van der Waals surface area contributed by atoms with Gasteiger partial charge in [-0.3, -0.25) is 24.8 Å². The maximum Gasteiger partial charge on any atom is 0.514 e. The maximum absolute atomic E-state index is 17.7. The van der Waals surface area contributed by atoms with Gasteiger partial charge in [0.15, 0.2) is 40.9 Å². The SMILES string of the molecule is COc1cc(C(=O)OCCCCON(O)O)ccc1OC(=O)OCC(=O)[C@@]12OC(C)(C)O[C@@H]1CC1C3CCC4=CC(=O)C=C[C@]4(C)[C@@]3(F)[C@@H](O)C[C@@]12C. The summed E-state index contributed by atoms with van der Waals surface area (Å²) >= 11 is 0. The molecule has 53 heavy (non-hydrogen) atoms. The summed E-state index contributed by atoms with van der Waals surface area (Å²) in [5.74, 6) is -3.99. The van der Waals surface area contributed by atoms with Crippen LogP contribution in [0, 0.1) is 22.7 Å². The van der Waals surface area contributed by atoms with Crippen molar-refractivity contribution in [1.29, 1.82) is 0 Å². The Kier molecular flexibility index (Phi) is 10.4.